The van der Waals surface area contributed by atoms with Crippen LogP contribution in [-0.4, -0.2) is 31.9 Å². The van der Waals surface area contributed by atoms with Crippen molar-refractivity contribution in [3.63, 3.8) is 0 Å². The average molecular weight is 312 g/mol. The van der Waals surface area contributed by atoms with E-state index in [-0.39, 0.29) is 6.42 Å². The minimum absolute atomic E-state index is 0.152. The quantitative estimate of drug-likeness (QED) is 0.535. The number of hydrogen-bond donors (Lipinski definition) is 0. The Balaban J connectivity index is 3.18. The summed E-state index contributed by atoms with van der Waals surface area (Å²) in [6.07, 6.45) is -6.69. The topological polar surface area (TPSA) is 9.23 Å². The fourth-order valence-electron chi connectivity index (χ4n) is 2.29. The molecule has 0 N–H and O–H groups in total. The predicted molar refractivity (Wildman–Crippen MR) is 57.0 cm³/mol. The molecule has 1 aliphatic heterocycles. The number of hydrogen-bond acceptors (Lipinski definition) is 1. The molecular weight excluding hydrogens is 297 g/mol. The molecule has 0 saturated carbocycles. The first kappa shape index (κ1) is 16.7. The van der Waals surface area contributed by atoms with Gasteiger partial charge in [-0.2, -0.15) is 30.7 Å². The van der Waals surface area contributed by atoms with E-state index in [1.165, 1.54) is 13.1 Å². The second kappa shape index (κ2) is 4.34. The van der Waals surface area contributed by atoms with E-state index in [1.54, 1.807) is 0 Å². The van der Waals surface area contributed by atoms with Gasteiger partial charge in [0.1, 0.15) is 5.60 Å². The van der Waals surface area contributed by atoms with E-state index < -0.39 is 38.4 Å². The van der Waals surface area contributed by atoms with Crippen molar-refractivity contribution in [1.82, 2.24) is 0 Å². The van der Waals surface area contributed by atoms with E-state index in [1.807, 2.05) is 0 Å². The highest BCUT2D eigenvalue weighted by Crippen LogP contribution is 2.55. The van der Waals surface area contributed by atoms with Crippen LogP contribution in [0, 0.1) is 0 Å². The highest BCUT2D eigenvalue weighted by atomic mass is 28.4. The molecule has 1 fully saturated rings. The largest absolute Gasteiger partial charge is 0.459 e. The van der Waals surface area contributed by atoms with Gasteiger partial charge in [0.2, 0.25) is 0 Å². The summed E-state index contributed by atoms with van der Waals surface area (Å²) in [5.74, 6) is -11.4. The van der Waals surface area contributed by atoms with Crippen LogP contribution in [0.5, 0.6) is 0 Å². The third-order valence-electron chi connectivity index (χ3n) is 3.35. The molecule has 0 radical (unpaired) electrons. The van der Waals surface area contributed by atoms with Crippen molar-refractivity contribution in [2.24, 2.45) is 0 Å². The maximum absolute atomic E-state index is 13.7. The van der Waals surface area contributed by atoms with Gasteiger partial charge in [-0.15, -0.1) is 0 Å². The SMILES string of the molecule is CC1(C(F)(F)C(F)(F)C(F)(F)F)CCC[Si](C)(C)O1. The van der Waals surface area contributed by atoms with Crippen LogP contribution in [0.4, 0.5) is 30.7 Å². The first-order valence-corrected chi connectivity index (χ1v) is 8.80. The molecule has 1 nitrogen and oxygen atoms in total. The van der Waals surface area contributed by atoms with E-state index in [9.17, 15) is 30.7 Å². The third-order valence-corrected chi connectivity index (χ3v) is 5.91. The number of halogens is 7. The maximum Gasteiger partial charge on any atom is 0.459 e. The van der Waals surface area contributed by atoms with Crippen molar-refractivity contribution in [2.45, 2.75) is 62.5 Å². The Labute approximate surface area is 107 Å². The van der Waals surface area contributed by atoms with Crippen LogP contribution in [0.2, 0.25) is 19.1 Å². The van der Waals surface area contributed by atoms with Crippen LogP contribution in [-0.2, 0) is 4.43 Å². The van der Waals surface area contributed by atoms with Gasteiger partial charge in [-0.1, -0.05) is 6.42 Å². The molecule has 0 bridgehead atoms. The molecule has 0 aromatic carbocycles. The van der Waals surface area contributed by atoms with Gasteiger partial charge in [0.05, 0.1) is 0 Å². The fraction of sp³-hybridized carbons (Fsp3) is 1.00. The summed E-state index contributed by atoms with van der Waals surface area (Å²) in [4.78, 5) is 0. The molecule has 0 amide bonds. The van der Waals surface area contributed by atoms with Crippen LogP contribution in [0.25, 0.3) is 0 Å². The summed E-state index contributed by atoms with van der Waals surface area (Å²) < 4.78 is 95.1. The minimum Gasteiger partial charge on any atom is -0.406 e. The molecular formula is C10H15F7OSi. The highest BCUT2D eigenvalue weighted by molar-refractivity contribution is 6.71. The van der Waals surface area contributed by atoms with Crippen molar-refractivity contribution in [2.75, 3.05) is 0 Å². The second-order valence-electron chi connectivity index (χ2n) is 5.59. The lowest BCUT2D eigenvalue weighted by Gasteiger charge is -2.48. The Bertz CT molecular complexity index is 352. The third kappa shape index (κ3) is 2.63. The van der Waals surface area contributed by atoms with Crippen LogP contribution in [0.15, 0.2) is 0 Å². The highest BCUT2D eigenvalue weighted by Gasteiger charge is 2.79. The second-order valence-corrected chi connectivity index (χ2v) is 9.82. The lowest BCUT2D eigenvalue weighted by molar-refractivity contribution is -0.385. The Morgan fingerprint density at radius 2 is 1.47 bits per heavy atom. The Hall–Kier alpha value is -0.313. The van der Waals surface area contributed by atoms with Gasteiger partial charge in [-0.25, -0.2) is 0 Å². The van der Waals surface area contributed by atoms with Crippen LogP contribution < -0.4 is 0 Å². The molecule has 0 aromatic rings. The average Bonchev–Trinajstić information content (AvgIpc) is 2.12. The van der Waals surface area contributed by atoms with Gasteiger partial charge in [0.15, 0.2) is 8.32 Å². The van der Waals surface area contributed by atoms with Crippen LogP contribution in [0.3, 0.4) is 0 Å². The zero-order chi connectivity index (χ0) is 15.3. The smallest absolute Gasteiger partial charge is 0.406 e. The molecule has 114 valence electrons. The van der Waals surface area contributed by atoms with E-state index in [0.717, 1.165) is 0 Å². The summed E-state index contributed by atoms with van der Waals surface area (Å²) in [6.45, 7) is 3.68. The monoisotopic (exact) mass is 312 g/mol. The van der Waals surface area contributed by atoms with Crippen molar-refractivity contribution in [3.05, 3.63) is 0 Å². The summed E-state index contributed by atoms with van der Waals surface area (Å²) >= 11 is 0. The molecule has 1 saturated heterocycles. The van der Waals surface area contributed by atoms with Crippen molar-refractivity contribution >= 4 is 8.32 Å². The fourth-order valence-corrected chi connectivity index (χ4v) is 4.87. The minimum atomic E-state index is -6.31. The summed E-state index contributed by atoms with van der Waals surface area (Å²) in [6, 6.07) is 0.455. The van der Waals surface area contributed by atoms with Gasteiger partial charge >= 0.3 is 18.0 Å². The Kier molecular flexibility index (Phi) is 3.82. The van der Waals surface area contributed by atoms with Crippen molar-refractivity contribution < 1.29 is 35.2 Å². The maximum atomic E-state index is 13.7. The van der Waals surface area contributed by atoms with Gasteiger partial charge < -0.3 is 4.43 Å². The zero-order valence-electron chi connectivity index (χ0n) is 10.7. The van der Waals surface area contributed by atoms with E-state index in [0.29, 0.717) is 13.0 Å². The number of alkyl halides is 7. The predicted octanol–water partition coefficient (Wildman–Crippen LogP) is 4.59. The van der Waals surface area contributed by atoms with E-state index in [2.05, 4.69) is 0 Å². The standard InChI is InChI=1S/C10H15F7OSi/c1-7(5-4-6-19(2,3)18-7)8(11,12)9(13,14)10(15,16)17/h4-6H2,1-3H3. The molecule has 0 aliphatic carbocycles. The van der Waals surface area contributed by atoms with Gasteiger partial charge in [-0.05, 0) is 32.5 Å². The summed E-state index contributed by atoms with van der Waals surface area (Å²) in [5, 5.41) is 0. The molecule has 1 aliphatic rings. The first-order chi connectivity index (χ1) is 8.16. The lowest BCUT2D eigenvalue weighted by Crippen LogP contribution is -2.67. The van der Waals surface area contributed by atoms with Crippen molar-refractivity contribution in [3.8, 4) is 0 Å². The van der Waals surface area contributed by atoms with Gasteiger partial charge in [0.25, 0.3) is 0 Å². The molecule has 1 unspecified atom stereocenters. The van der Waals surface area contributed by atoms with E-state index >= 15 is 0 Å². The molecule has 1 atom stereocenters. The molecule has 0 spiro atoms. The normalized spacial score (nSPS) is 29.4. The van der Waals surface area contributed by atoms with Gasteiger partial charge in [-0.3, -0.25) is 0 Å². The number of rotatable bonds is 2. The Morgan fingerprint density at radius 3 is 1.84 bits per heavy atom. The molecule has 1 rings (SSSR count). The molecule has 9 heteroatoms. The molecule has 1 heterocycles. The zero-order valence-corrected chi connectivity index (χ0v) is 11.7. The molecule has 19 heavy (non-hydrogen) atoms. The summed E-state index contributed by atoms with van der Waals surface area (Å²) in [7, 11) is -2.65. The van der Waals surface area contributed by atoms with Crippen molar-refractivity contribution in [1.29, 1.82) is 0 Å². The summed E-state index contributed by atoms with van der Waals surface area (Å²) in [5.41, 5.74) is -2.79. The lowest BCUT2D eigenvalue weighted by atomic mass is 9.88. The van der Waals surface area contributed by atoms with Crippen LogP contribution >= 0.6 is 0 Å². The van der Waals surface area contributed by atoms with E-state index in [4.69, 9.17) is 4.43 Å². The molecule has 0 aromatic heterocycles. The first-order valence-electron chi connectivity index (χ1n) is 5.69. The van der Waals surface area contributed by atoms with Crippen LogP contribution in [0.1, 0.15) is 19.8 Å². The Morgan fingerprint density at radius 1 is 1.00 bits per heavy atom. The van der Waals surface area contributed by atoms with Gasteiger partial charge in [0, 0.05) is 0 Å².